The fraction of sp³-hybridized carbons (Fsp3) is 0.692. The lowest BCUT2D eigenvalue weighted by Crippen LogP contribution is -2.25. The van der Waals surface area contributed by atoms with Gasteiger partial charge in [0.05, 0.1) is 25.3 Å². The summed E-state index contributed by atoms with van der Waals surface area (Å²) in [4.78, 5) is 12.6. The molecule has 0 aromatic carbocycles. The van der Waals surface area contributed by atoms with E-state index in [9.17, 15) is 4.79 Å². The van der Waals surface area contributed by atoms with Crippen LogP contribution in [0.5, 0.6) is 5.75 Å². The minimum atomic E-state index is -0.0897. The van der Waals surface area contributed by atoms with Gasteiger partial charge in [-0.05, 0) is 27.2 Å². The molecule has 0 saturated carbocycles. The molecule has 0 amide bonds. The molecule has 18 heavy (non-hydrogen) atoms. The maximum absolute atomic E-state index is 12.6. The van der Waals surface area contributed by atoms with Crippen molar-refractivity contribution in [1.82, 2.24) is 9.78 Å². The first-order valence-corrected chi connectivity index (χ1v) is 6.33. The monoisotopic (exact) mass is 252 g/mol. The Balaban J connectivity index is 2.36. The van der Waals surface area contributed by atoms with Gasteiger partial charge in [-0.3, -0.25) is 9.48 Å². The van der Waals surface area contributed by atoms with Gasteiger partial charge in [0.15, 0.2) is 11.5 Å². The fourth-order valence-electron chi connectivity index (χ4n) is 2.37. The zero-order valence-electron chi connectivity index (χ0n) is 11.3. The Labute approximate surface area is 107 Å². The van der Waals surface area contributed by atoms with Gasteiger partial charge in [-0.1, -0.05) is 0 Å². The Morgan fingerprint density at radius 1 is 1.61 bits per heavy atom. The van der Waals surface area contributed by atoms with E-state index in [0.717, 1.165) is 6.42 Å². The number of nitrogens with zero attached hydrogens (tertiary/aromatic N) is 2. The lowest BCUT2D eigenvalue weighted by atomic mass is 9.95. The van der Waals surface area contributed by atoms with Crippen LogP contribution in [0.1, 0.15) is 43.7 Å². The molecule has 0 bridgehead atoms. The van der Waals surface area contributed by atoms with Crippen LogP contribution >= 0.6 is 0 Å². The van der Waals surface area contributed by atoms with Crippen molar-refractivity contribution >= 4 is 5.78 Å². The predicted octanol–water partition coefficient (Wildman–Crippen LogP) is 2.08. The molecule has 5 heteroatoms. The molecule has 2 heterocycles. The van der Waals surface area contributed by atoms with Crippen LogP contribution in [-0.4, -0.2) is 35.4 Å². The summed E-state index contributed by atoms with van der Waals surface area (Å²) in [7, 11) is 1.56. The fourth-order valence-corrected chi connectivity index (χ4v) is 2.37. The molecule has 100 valence electrons. The SMILES string of the molecule is COc1cnn(C(C)C)c1C(=O)C1CCOC1C. The number of carbonyl (C=O) groups excluding carboxylic acids is 1. The molecule has 2 atom stereocenters. The maximum Gasteiger partial charge on any atom is 0.190 e. The van der Waals surface area contributed by atoms with E-state index in [2.05, 4.69) is 5.10 Å². The van der Waals surface area contributed by atoms with Gasteiger partial charge in [0.25, 0.3) is 0 Å². The summed E-state index contributed by atoms with van der Waals surface area (Å²) in [5, 5.41) is 4.23. The van der Waals surface area contributed by atoms with E-state index < -0.39 is 0 Å². The normalized spacial score (nSPS) is 23.6. The molecule has 1 aliphatic rings. The summed E-state index contributed by atoms with van der Waals surface area (Å²) in [6.45, 7) is 6.59. The van der Waals surface area contributed by atoms with E-state index in [4.69, 9.17) is 9.47 Å². The van der Waals surface area contributed by atoms with Crippen LogP contribution in [0.3, 0.4) is 0 Å². The second-order valence-corrected chi connectivity index (χ2v) is 4.94. The molecule has 1 aliphatic heterocycles. The molecule has 1 saturated heterocycles. The van der Waals surface area contributed by atoms with Gasteiger partial charge in [-0.15, -0.1) is 0 Å². The number of ketones is 1. The van der Waals surface area contributed by atoms with E-state index in [1.807, 2.05) is 20.8 Å². The highest BCUT2D eigenvalue weighted by molar-refractivity contribution is 5.99. The zero-order valence-corrected chi connectivity index (χ0v) is 11.3. The smallest absolute Gasteiger partial charge is 0.190 e. The standard InChI is InChI=1S/C13H20N2O3/c1-8(2)15-12(11(17-4)7-14-15)13(16)10-5-6-18-9(10)3/h7-10H,5-6H2,1-4H3. The number of methoxy groups -OCH3 is 1. The van der Waals surface area contributed by atoms with Crippen LogP contribution in [0.15, 0.2) is 6.20 Å². The first-order valence-electron chi connectivity index (χ1n) is 6.33. The highest BCUT2D eigenvalue weighted by Gasteiger charge is 2.35. The van der Waals surface area contributed by atoms with E-state index in [1.165, 1.54) is 0 Å². The van der Waals surface area contributed by atoms with E-state index in [-0.39, 0.29) is 23.8 Å². The predicted molar refractivity (Wildman–Crippen MR) is 67.0 cm³/mol. The van der Waals surface area contributed by atoms with E-state index >= 15 is 0 Å². The van der Waals surface area contributed by atoms with Crippen LogP contribution in [0, 0.1) is 5.92 Å². The van der Waals surface area contributed by atoms with E-state index in [0.29, 0.717) is 18.1 Å². The van der Waals surface area contributed by atoms with Crippen LogP contribution in [-0.2, 0) is 4.74 Å². The topological polar surface area (TPSA) is 53.4 Å². The number of carbonyl (C=O) groups is 1. The van der Waals surface area contributed by atoms with Crippen molar-refractivity contribution in [1.29, 1.82) is 0 Å². The molecule has 2 unspecified atom stereocenters. The number of hydrogen-bond donors (Lipinski definition) is 0. The van der Waals surface area contributed by atoms with Gasteiger partial charge in [-0.25, -0.2) is 0 Å². The van der Waals surface area contributed by atoms with Crippen molar-refractivity contribution in [2.24, 2.45) is 5.92 Å². The van der Waals surface area contributed by atoms with Crippen molar-refractivity contribution < 1.29 is 14.3 Å². The quantitative estimate of drug-likeness (QED) is 0.770. The van der Waals surface area contributed by atoms with Gasteiger partial charge in [0.2, 0.25) is 0 Å². The van der Waals surface area contributed by atoms with Crippen molar-refractivity contribution in [2.45, 2.75) is 39.3 Å². The molecule has 0 N–H and O–H groups in total. The summed E-state index contributed by atoms with van der Waals surface area (Å²) in [5.74, 6) is 0.531. The third kappa shape index (κ3) is 2.14. The Morgan fingerprint density at radius 2 is 2.33 bits per heavy atom. The second kappa shape index (κ2) is 5.10. The van der Waals surface area contributed by atoms with Crippen molar-refractivity contribution in [3.05, 3.63) is 11.9 Å². The summed E-state index contributed by atoms with van der Waals surface area (Å²) >= 11 is 0. The molecular formula is C13H20N2O3. The molecule has 0 spiro atoms. The van der Waals surface area contributed by atoms with Crippen molar-refractivity contribution in [3.63, 3.8) is 0 Å². The first kappa shape index (κ1) is 13.1. The largest absolute Gasteiger partial charge is 0.493 e. The molecule has 2 rings (SSSR count). The third-order valence-electron chi connectivity index (χ3n) is 3.42. The average molecular weight is 252 g/mol. The number of ether oxygens (including phenoxy) is 2. The highest BCUT2D eigenvalue weighted by atomic mass is 16.5. The van der Waals surface area contributed by atoms with Gasteiger partial charge in [0, 0.05) is 12.6 Å². The van der Waals surface area contributed by atoms with Gasteiger partial charge >= 0.3 is 0 Å². The Morgan fingerprint density at radius 3 is 2.83 bits per heavy atom. The Kier molecular flexibility index (Phi) is 3.71. The maximum atomic E-state index is 12.6. The Hall–Kier alpha value is -1.36. The number of aromatic nitrogens is 2. The minimum absolute atomic E-state index is 0.0299. The van der Waals surface area contributed by atoms with Crippen LogP contribution in [0.4, 0.5) is 0 Å². The van der Waals surface area contributed by atoms with E-state index in [1.54, 1.807) is 18.0 Å². The second-order valence-electron chi connectivity index (χ2n) is 4.94. The molecule has 1 aromatic rings. The van der Waals surface area contributed by atoms with Crippen LogP contribution < -0.4 is 4.74 Å². The summed E-state index contributed by atoms with van der Waals surface area (Å²) in [6, 6.07) is 0.130. The number of hydrogen-bond acceptors (Lipinski definition) is 4. The summed E-state index contributed by atoms with van der Waals surface area (Å²) in [5.41, 5.74) is 0.565. The molecule has 0 radical (unpaired) electrons. The van der Waals surface area contributed by atoms with Gasteiger partial charge in [0.1, 0.15) is 5.69 Å². The highest BCUT2D eigenvalue weighted by Crippen LogP contribution is 2.30. The molecule has 5 nitrogen and oxygen atoms in total. The average Bonchev–Trinajstić information content (AvgIpc) is 2.93. The number of Topliss-reactive ketones (excluding diaryl/α,β-unsaturated/α-hetero) is 1. The molecule has 0 aliphatic carbocycles. The molecular weight excluding hydrogens is 232 g/mol. The van der Waals surface area contributed by atoms with Gasteiger partial charge < -0.3 is 9.47 Å². The zero-order chi connectivity index (χ0) is 13.3. The van der Waals surface area contributed by atoms with Crippen molar-refractivity contribution in [3.8, 4) is 5.75 Å². The third-order valence-corrected chi connectivity index (χ3v) is 3.42. The number of rotatable bonds is 4. The Bertz CT molecular complexity index is 439. The summed E-state index contributed by atoms with van der Waals surface area (Å²) in [6.07, 6.45) is 2.35. The van der Waals surface area contributed by atoms with Crippen LogP contribution in [0.25, 0.3) is 0 Å². The summed E-state index contributed by atoms with van der Waals surface area (Å²) < 4.78 is 12.4. The lowest BCUT2D eigenvalue weighted by Gasteiger charge is -2.16. The minimum Gasteiger partial charge on any atom is -0.493 e. The first-order chi connectivity index (χ1) is 8.56. The molecule has 1 aromatic heterocycles. The lowest BCUT2D eigenvalue weighted by molar-refractivity contribution is 0.0750. The van der Waals surface area contributed by atoms with Gasteiger partial charge in [-0.2, -0.15) is 5.10 Å². The molecule has 1 fully saturated rings. The van der Waals surface area contributed by atoms with Crippen LogP contribution in [0.2, 0.25) is 0 Å². The van der Waals surface area contributed by atoms with Crippen molar-refractivity contribution in [2.75, 3.05) is 13.7 Å².